The second kappa shape index (κ2) is 4.92. The molecule has 2 nitrogen and oxygen atoms in total. The fourth-order valence-electron chi connectivity index (χ4n) is 0.510. The summed E-state index contributed by atoms with van der Waals surface area (Å²) in [5.74, 6) is -1.11. The van der Waals surface area contributed by atoms with Crippen LogP contribution in [0.25, 0.3) is 0 Å². The zero-order valence-corrected chi connectivity index (χ0v) is 6.85. The molecule has 0 N–H and O–H groups in total. The topological polar surface area (TPSA) is 26.3 Å². The lowest BCUT2D eigenvalue weighted by molar-refractivity contribution is -0.201. The first-order valence-electron chi connectivity index (χ1n) is 3.43. The van der Waals surface area contributed by atoms with Gasteiger partial charge in [0.15, 0.2) is 6.17 Å². The number of carbonyl (C=O) groups excluding carboxylic acids is 1. The van der Waals surface area contributed by atoms with Crippen molar-refractivity contribution in [2.75, 3.05) is 6.61 Å². The number of hydrogen-bond acceptors (Lipinski definition) is 2. The Labute approximate surface area is 76.3 Å². The van der Waals surface area contributed by atoms with Crippen molar-refractivity contribution in [3.63, 3.8) is 0 Å². The van der Waals surface area contributed by atoms with Crippen LogP contribution in [-0.2, 0) is 9.53 Å². The molecule has 0 fully saturated rings. The van der Waals surface area contributed by atoms with Crippen molar-refractivity contribution in [3.8, 4) is 0 Å². The second-order valence-electron chi connectivity index (χ2n) is 2.29. The molecule has 0 aliphatic rings. The zero-order chi connectivity index (χ0) is 11.4. The Balaban J connectivity index is 4.02. The molecule has 0 saturated heterocycles. The maximum absolute atomic E-state index is 12.4. The molecule has 0 aromatic carbocycles. The first kappa shape index (κ1) is 12.9. The summed E-state index contributed by atoms with van der Waals surface area (Å²) >= 11 is 0. The van der Waals surface area contributed by atoms with Crippen LogP contribution < -0.4 is 0 Å². The largest absolute Gasteiger partial charge is 0.459 e. The van der Waals surface area contributed by atoms with Crippen molar-refractivity contribution in [2.45, 2.75) is 18.5 Å². The van der Waals surface area contributed by atoms with Crippen LogP contribution in [0.15, 0.2) is 12.7 Å². The maximum Gasteiger partial charge on any atom is 0.422 e. The van der Waals surface area contributed by atoms with Crippen molar-refractivity contribution in [2.24, 2.45) is 0 Å². The van der Waals surface area contributed by atoms with Gasteiger partial charge in [-0.15, -0.1) is 0 Å². The van der Waals surface area contributed by atoms with Gasteiger partial charge in [-0.05, 0) is 0 Å². The molecular formula is C7H7F5O2. The van der Waals surface area contributed by atoms with Gasteiger partial charge in [-0.25, -0.2) is 13.6 Å². The number of rotatable bonds is 4. The highest BCUT2D eigenvalue weighted by molar-refractivity contribution is 5.81. The molecule has 0 radical (unpaired) electrons. The molecule has 0 heterocycles. The molecule has 0 saturated carbocycles. The molecule has 0 bridgehead atoms. The highest BCUT2D eigenvalue weighted by Crippen LogP contribution is 2.26. The van der Waals surface area contributed by atoms with Gasteiger partial charge in [0.1, 0.15) is 6.61 Å². The van der Waals surface area contributed by atoms with E-state index in [1.807, 2.05) is 0 Å². The fraction of sp³-hybridized carbons (Fsp3) is 0.571. The van der Waals surface area contributed by atoms with Crippen LogP contribution in [0.3, 0.4) is 0 Å². The predicted molar refractivity (Wildman–Crippen MR) is 37.0 cm³/mol. The van der Waals surface area contributed by atoms with Crippen LogP contribution in [0.5, 0.6) is 0 Å². The second-order valence-corrected chi connectivity index (χ2v) is 2.29. The number of esters is 1. The maximum atomic E-state index is 12.4. The molecule has 14 heavy (non-hydrogen) atoms. The van der Waals surface area contributed by atoms with Crippen LogP contribution >= 0.6 is 0 Å². The van der Waals surface area contributed by atoms with E-state index >= 15 is 0 Å². The van der Waals surface area contributed by atoms with E-state index in [1.54, 1.807) is 0 Å². The van der Waals surface area contributed by atoms with Crippen LogP contribution in [0.2, 0.25) is 0 Å². The minimum atomic E-state index is -5.29. The van der Waals surface area contributed by atoms with Gasteiger partial charge in [-0.2, -0.15) is 13.2 Å². The van der Waals surface area contributed by atoms with Crippen LogP contribution in [0.1, 0.15) is 0 Å². The summed E-state index contributed by atoms with van der Waals surface area (Å²) in [6.07, 6.45) is -11.2. The van der Waals surface area contributed by atoms with Gasteiger partial charge < -0.3 is 4.74 Å². The summed E-state index contributed by atoms with van der Waals surface area (Å²) in [5.41, 5.74) is 0. The van der Waals surface area contributed by atoms with Gasteiger partial charge in [0, 0.05) is 6.08 Å². The van der Waals surface area contributed by atoms with E-state index in [0.29, 0.717) is 6.08 Å². The quantitative estimate of drug-likeness (QED) is 0.409. The van der Waals surface area contributed by atoms with Crippen molar-refractivity contribution < 1.29 is 31.5 Å². The minimum Gasteiger partial charge on any atom is -0.459 e. The van der Waals surface area contributed by atoms with Gasteiger partial charge in [0.25, 0.3) is 0 Å². The Kier molecular flexibility index (Phi) is 4.52. The Morgan fingerprint density at radius 2 is 1.93 bits per heavy atom. The summed E-state index contributed by atoms with van der Waals surface area (Å²) in [6.45, 7) is 1.63. The summed E-state index contributed by atoms with van der Waals surface area (Å²) in [5, 5.41) is 0. The first-order valence-corrected chi connectivity index (χ1v) is 3.43. The van der Waals surface area contributed by atoms with Crippen LogP contribution in [0.4, 0.5) is 22.0 Å². The smallest absolute Gasteiger partial charge is 0.422 e. The molecule has 0 rings (SSSR count). The van der Waals surface area contributed by atoms with Gasteiger partial charge in [0.05, 0.1) is 0 Å². The average Bonchev–Trinajstić information content (AvgIpc) is 2.10. The SMILES string of the molecule is C=CC(=O)OCC(F)C(F)C(F)(F)F. The molecule has 0 aliphatic heterocycles. The lowest BCUT2D eigenvalue weighted by Crippen LogP contribution is -2.36. The molecule has 0 aliphatic carbocycles. The lowest BCUT2D eigenvalue weighted by atomic mass is 10.2. The molecule has 0 aromatic rings. The van der Waals surface area contributed by atoms with E-state index in [-0.39, 0.29) is 0 Å². The molecule has 82 valence electrons. The standard InChI is InChI=1S/C7H7F5O2/c1-2-5(13)14-3-4(8)6(9)7(10,11)12/h2,4,6H,1,3H2. The third kappa shape index (κ3) is 4.20. The average molecular weight is 218 g/mol. The molecule has 2 atom stereocenters. The molecule has 0 amide bonds. The van der Waals surface area contributed by atoms with Crippen molar-refractivity contribution in [3.05, 3.63) is 12.7 Å². The monoisotopic (exact) mass is 218 g/mol. The van der Waals surface area contributed by atoms with Crippen LogP contribution in [0, 0.1) is 0 Å². The zero-order valence-electron chi connectivity index (χ0n) is 6.85. The molecule has 0 spiro atoms. The van der Waals surface area contributed by atoms with E-state index in [1.165, 1.54) is 0 Å². The Morgan fingerprint density at radius 3 is 2.29 bits per heavy atom. The number of ether oxygens (including phenoxy) is 1. The van der Waals surface area contributed by atoms with E-state index < -0.39 is 31.1 Å². The fourth-order valence-corrected chi connectivity index (χ4v) is 0.510. The highest BCUT2D eigenvalue weighted by Gasteiger charge is 2.46. The van der Waals surface area contributed by atoms with Gasteiger partial charge in [-0.1, -0.05) is 6.58 Å². The minimum absolute atomic E-state index is 0.632. The summed E-state index contributed by atoms with van der Waals surface area (Å²) in [4.78, 5) is 10.3. The van der Waals surface area contributed by atoms with E-state index in [0.717, 1.165) is 0 Å². The Morgan fingerprint density at radius 1 is 1.43 bits per heavy atom. The van der Waals surface area contributed by atoms with E-state index in [9.17, 15) is 26.7 Å². The van der Waals surface area contributed by atoms with Crippen molar-refractivity contribution >= 4 is 5.97 Å². The Bertz CT molecular complexity index is 213. The summed E-state index contributed by atoms with van der Waals surface area (Å²) in [6, 6.07) is 0. The number of halogens is 5. The van der Waals surface area contributed by atoms with Crippen LogP contribution in [-0.4, -0.2) is 31.1 Å². The summed E-state index contributed by atoms with van der Waals surface area (Å²) in [7, 11) is 0. The molecule has 0 aromatic heterocycles. The third-order valence-corrected chi connectivity index (χ3v) is 1.18. The number of carbonyl (C=O) groups is 1. The van der Waals surface area contributed by atoms with Gasteiger partial charge >= 0.3 is 12.1 Å². The molecule has 7 heteroatoms. The molecular weight excluding hydrogens is 211 g/mol. The number of hydrogen-bond donors (Lipinski definition) is 0. The van der Waals surface area contributed by atoms with E-state index in [4.69, 9.17) is 0 Å². The van der Waals surface area contributed by atoms with Crippen molar-refractivity contribution in [1.82, 2.24) is 0 Å². The van der Waals surface area contributed by atoms with Crippen molar-refractivity contribution in [1.29, 1.82) is 0 Å². The predicted octanol–water partition coefficient (Wildman–Crippen LogP) is 1.95. The van der Waals surface area contributed by atoms with Gasteiger partial charge in [-0.3, -0.25) is 0 Å². The van der Waals surface area contributed by atoms with E-state index in [2.05, 4.69) is 11.3 Å². The Hall–Kier alpha value is -1.14. The molecule has 2 unspecified atom stereocenters. The third-order valence-electron chi connectivity index (χ3n) is 1.18. The first-order chi connectivity index (χ1) is 6.29. The highest BCUT2D eigenvalue weighted by atomic mass is 19.4. The normalized spacial score (nSPS) is 15.8. The lowest BCUT2D eigenvalue weighted by Gasteiger charge is -2.15. The summed E-state index contributed by atoms with van der Waals surface area (Å²) < 4.78 is 63.0. The number of alkyl halides is 5. The van der Waals surface area contributed by atoms with Gasteiger partial charge in [0.2, 0.25) is 6.17 Å².